The van der Waals surface area contributed by atoms with Crippen LogP contribution < -0.4 is 25.0 Å². The maximum Gasteiger partial charge on any atom is 0.187 e. The van der Waals surface area contributed by atoms with Crippen LogP contribution in [0.15, 0.2) is 17.2 Å². The van der Waals surface area contributed by atoms with Crippen LogP contribution >= 0.6 is 12.2 Å². The Hall–Kier alpha value is -2.06. The number of hydrogen-bond donors (Lipinski definition) is 2. The van der Waals surface area contributed by atoms with Gasteiger partial charge in [-0.3, -0.25) is 5.43 Å². The van der Waals surface area contributed by atoms with Crippen LogP contribution in [0, 0.1) is 0 Å². The molecule has 7 nitrogen and oxygen atoms in total. The molecule has 8 heteroatoms. The minimum absolute atomic E-state index is 0.410. The highest BCUT2D eigenvalue weighted by Gasteiger charge is 2.10. The van der Waals surface area contributed by atoms with Gasteiger partial charge >= 0.3 is 0 Å². The molecule has 0 aliphatic carbocycles. The molecule has 0 bridgehead atoms. The summed E-state index contributed by atoms with van der Waals surface area (Å²) in [5, 5.41) is 7.42. The molecule has 0 aromatic heterocycles. The molecule has 0 atom stereocenters. The van der Waals surface area contributed by atoms with Gasteiger partial charge in [0.25, 0.3) is 0 Å². The van der Waals surface area contributed by atoms with Crippen LogP contribution in [0.3, 0.4) is 0 Å². The Morgan fingerprint density at radius 1 is 1.09 bits per heavy atom. The first-order chi connectivity index (χ1) is 10.7. The second kappa shape index (κ2) is 9.80. The predicted molar refractivity (Wildman–Crippen MR) is 89.3 cm³/mol. The summed E-state index contributed by atoms with van der Waals surface area (Å²) >= 11 is 5.06. The van der Waals surface area contributed by atoms with Crippen molar-refractivity contribution in [1.29, 1.82) is 0 Å². The van der Waals surface area contributed by atoms with Crippen molar-refractivity contribution >= 4 is 23.5 Å². The van der Waals surface area contributed by atoms with E-state index in [1.807, 2.05) is 0 Å². The monoisotopic (exact) mass is 327 g/mol. The van der Waals surface area contributed by atoms with Gasteiger partial charge in [-0.2, -0.15) is 5.10 Å². The van der Waals surface area contributed by atoms with Crippen molar-refractivity contribution < 1.29 is 18.9 Å². The normalized spacial score (nSPS) is 10.4. The van der Waals surface area contributed by atoms with Gasteiger partial charge in [0.1, 0.15) is 5.75 Å². The Morgan fingerprint density at radius 2 is 1.73 bits per heavy atom. The smallest absolute Gasteiger partial charge is 0.187 e. The van der Waals surface area contributed by atoms with Gasteiger partial charge in [0.05, 0.1) is 34.2 Å². The van der Waals surface area contributed by atoms with E-state index in [1.165, 1.54) is 0 Å². The van der Waals surface area contributed by atoms with E-state index in [-0.39, 0.29) is 0 Å². The summed E-state index contributed by atoms with van der Waals surface area (Å²) in [6.45, 7) is 1.17. The highest BCUT2D eigenvalue weighted by Crippen LogP contribution is 2.33. The molecule has 0 aliphatic rings. The van der Waals surface area contributed by atoms with Gasteiger partial charge in [0.2, 0.25) is 0 Å². The lowest BCUT2D eigenvalue weighted by Crippen LogP contribution is -2.34. The summed E-state index contributed by atoms with van der Waals surface area (Å²) in [5.41, 5.74) is 3.44. The molecule has 1 rings (SSSR count). The van der Waals surface area contributed by atoms with Gasteiger partial charge in [0.15, 0.2) is 16.6 Å². The van der Waals surface area contributed by atoms with Crippen LogP contribution in [0.25, 0.3) is 0 Å². The Bertz CT molecular complexity index is 523. The number of thiocarbonyl (C=S) groups is 1. The summed E-state index contributed by atoms with van der Waals surface area (Å²) in [6, 6.07) is 3.50. The first kappa shape index (κ1) is 18.0. The van der Waals surface area contributed by atoms with Crippen molar-refractivity contribution in [3.63, 3.8) is 0 Å². The highest BCUT2D eigenvalue weighted by atomic mass is 32.1. The van der Waals surface area contributed by atoms with Crippen LogP contribution in [0.4, 0.5) is 0 Å². The largest absolute Gasteiger partial charge is 0.496 e. The minimum Gasteiger partial charge on any atom is -0.496 e. The molecule has 0 unspecified atom stereocenters. The van der Waals surface area contributed by atoms with Crippen LogP contribution in [-0.4, -0.2) is 52.9 Å². The molecule has 0 heterocycles. The van der Waals surface area contributed by atoms with Crippen LogP contribution in [0.2, 0.25) is 0 Å². The molecule has 0 fully saturated rings. The van der Waals surface area contributed by atoms with Crippen molar-refractivity contribution in [2.45, 2.75) is 0 Å². The molecule has 1 aromatic carbocycles. The lowest BCUT2D eigenvalue weighted by Gasteiger charge is -2.12. The topological polar surface area (TPSA) is 73.3 Å². The van der Waals surface area contributed by atoms with Crippen molar-refractivity contribution in [2.24, 2.45) is 5.10 Å². The van der Waals surface area contributed by atoms with Gasteiger partial charge in [-0.25, -0.2) is 0 Å². The molecule has 0 saturated carbocycles. The molecule has 0 radical (unpaired) electrons. The van der Waals surface area contributed by atoms with E-state index < -0.39 is 0 Å². The number of nitrogens with zero attached hydrogens (tertiary/aromatic N) is 1. The van der Waals surface area contributed by atoms with E-state index in [0.717, 1.165) is 5.56 Å². The first-order valence-electron chi connectivity index (χ1n) is 6.52. The number of benzene rings is 1. The summed E-state index contributed by atoms with van der Waals surface area (Å²) in [4.78, 5) is 0. The molecule has 0 amide bonds. The summed E-state index contributed by atoms with van der Waals surface area (Å²) in [6.07, 6.45) is 1.59. The third kappa shape index (κ3) is 5.38. The fraction of sp³-hybridized carbons (Fsp3) is 0.429. The van der Waals surface area contributed by atoms with E-state index in [4.69, 9.17) is 31.2 Å². The zero-order valence-electron chi connectivity index (χ0n) is 13.1. The molecule has 0 spiro atoms. The maximum atomic E-state index is 5.30. The Morgan fingerprint density at radius 3 is 2.32 bits per heavy atom. The fourth-order valence-electron chi connectivity index (χ4n) is 1.62. The number of hydrazone groups is 1. The standard InChI is InChI=1S/C14H21N3O4S/c1-18-6-5-15-14(22)17-16-9-10-7-12(20-3)13(21-4)8-11(10)19-2/h7-9H,5-6H2,1-4H3,(H2,15,17,22)/b16-9+. The van der Waals surface area contributed by atoms with E-state index in [1.54, 1.807) is 46.8 Å². The number of rotatable bonds is 8. The lowest BCUT2D eigenvalue weighted by molar-refractivity contribution is 0.204. The maximum absolute atomic E-state index is 5.30. The number of nitrogens with one attached hydrogen (secondary N) is 2. The first-order valence-corrected chi connectivity index (χ1v) is 6.93. The quantitative estimate of drug-likeness (QED) is 0.321. The van der Waals surface area contributed by atoms with E-state index in [2.05, 4.69) is 15.8 Å². The van der Waals surface area contributed by atoms with Gasteiger partial charge < -0.3 is 24.3 Å². The summed E-state index contributed by atoms with van der Waals surface area (Å²) in [7, 11) is 6.33. The zero-order chi connectivity index (χ0) is 16.4. The zero-order valence-corrected chi connectivity index (χ0v) is 14.0. The molecule has 0 saturated heterocycles. The van der Waals surface area contributed by atoms with E-state index >= 15 is 0 Å². The van der Waals surface area contributed by atoms with E-state index in [9.17, 15) is 0 Å². The molecular weight excluding hydrogens is 306 g/mol. The van der Waals surface area contributed by atoms with Crippen LogP contribution in [-0.2, 0) is 4.74 Å². The molecule has 0 aliphatic heterocycles. The van der Waals surface area contributed by atoms with Crippen molar-refractivity contribution in [3.05, 3.63) is 17.7 Å². The fourth-order valence-corrected chi connectivity index (χ4v) is 1.78. The molecule has 22 heavy (non-hydrogen) atoms. The Kier molecular flexibility index (Phi) is 8.01. The SMILES string of the molecule is COCCNC(=S)N/N=C/c1cc(OC)c(OC)cc1OC. The van der Waals surface area contributed by atoms with Crippen molar-refractivity contribution in [3.8, 4) is 17.2 Å². The van der Waals surface area contributed by atoms with Gasteiger partial charge in [-0.1, -0.05) is 0 Å². The Labute approximate surface area is 135 Å². The average molecular weight is 327 g/mol. The summed E-state index contributed by atoms with van der Waals surface area (Å²) < 4.78 is 20.7. The van der Waals surface area contributed by atoms with Gasteiger partial charge in [-0.15, -0.1) is 0 Å². The number of methoxy groups -OCH3 is 4. The van der Waals surface area contributed by atoms with E-state index in [0.29, 0.717) is 35.5 Å². The predicted octanol–water partition coefficient (Wildman–Crippen LogP) is 1.16. The minimum atomic E-state index is 0.410. The lowest BCUT2D eigenvalue weighted by atomic mass is 10.2. The van der Waals surface area contributed by atoms with Crippen LogP contribution in [0.5, 0.6) is 17.2 Å². The number of ether oxygens (including phenoxy) is 4. The van der Waals surface area contributed by atoms with Gasteiger partial charge in [0, 0.05) is 25.3 Å². The third-order valence-corrected chi connectivity index (χ3v) is 2.93. The molecule has 1 aromatic rings. The molecule has 122 valence electrons. The van der Waals surface area contributed by atoms with Crippen LogP contribution in [0.1, 0.15) is 5.56 Å². The average Bonchev–Trinajstić information content (AvgIpc) is 2.54. The third-order valence-electron chi connectivity index (χ3n) is 2.70. The molecule has 2 N–H and O–H groups in total. The van der Waals surface area contributed by atoms with Gasteiger partial charge in [-0.05, 0) is 18.3 Å². The summed E-state index contributed by atoms with van der Waals surface area (Å²) in [5.74, 6) is 1.79. The highest BCUT2D eigenvalue weighted by molar-refractivity contribution is 7.80. The Balaban J connectivity index is 2.75. The molecular formula is C14H21N3O4S. The van der Waals surface area contributed by atoms with Crippen molar-refractivity contribution in [1.82, 2.24) is 10.7 Å². The second-order valence-corrected chi connectivity index (χ2v) is 4.48. The second-order valence-electron chi connectivity index (χ2n) is 4.07. The number of hydrogen-bond acceptors (Lipinski definition) is 6. The van der Waals surface area contributed by atoms with Crippen molar-refractivity contribution in [2.75, 3.05) is 41.6 Å².